The molecule has 0 heterocycles. The van der Waals surface area contributed by atoms with Gasteiger partial charge in [-0.05, 0) is 6.42 Å². The quantitative estimate of drug-likeness (QED) is 0.372. The summed E-state index contributed by atoms with van der Waals surface area (Å²) in [5.74, 6) is -0.193. The molecule has 74 valence electrons. The molecule has 0 aromatic heterocycles. The number of hydrogen-bond acceptors (Lipinski definition) is 2. The maximum absolute atomic E-state index is 10.6. The van der Waals surface area contributed by atoms with Gasteiger partial charge in [0.1, 0.15) is 0 Å². The molecule has 3 N–H and O–H groups in total. The van der Waals surface area contributed by atoms with E-state index >= 15 is 0 Å². The summed E-state index contributed by atoms with van der Waals surface area (Å²) in [6.07, 6.45) is 4.58. The standard InChI is InChI=1S/C8H17NO2.ClH/c1-2-3-4-5-6-11-8(10)7-9;/h2-7,9H2,1H3;1H. The van der Waals surface area contributed by atoms with Crippen LogP contribution in [0.5, 0.6) is 0 Å². The molecule has 0 bridgehead atoms. The largest absolute Gasteiger partial charge is 1.00 e. The second kappa shape index (κ2) is 10.7. The fourth-order valence-electron chi connectivity index (χ4n) is 0.787. The van der Waals surface area contributed by atoms with Gasteiger partial charge >= 0.3 is 5.97 Å². The second-order valence-corrected chi connectivity index (χ2v) is 2.53. The number of rotatable bonds is 6. The molecule has 4 heteroatoms. The summed E-state index contributed by atoms with van der Waals surface area (Å²) < 4.78 is 4.84. The Labute approximate surface area is 80.1 Å². The van der Waals surface area contributed by atoms with Gasteiger partial charge in [0.25, 0.3) is 0 Å². The zero-order valence-electron chi connectivity index (χ0n) is 7.64. The number of carbonyl (C=O) groups excluding carboxylic acids is 1. The van der Waals surface area contributed by atoms with E-state index in [9.17, 15) is 4.79 Å². The molecule has 0 amide bonds. The van der Waals surface area contributed by atoms with Crippen molar-refractivity contribution in [3.63, 3.8) is 0 Å². The highest BCUT2D eigenvalue weighted by Gasteiger charge is 1.98. The first kappa shape index (κ1) is 14.3. The Morgan fingerprint density at radius 3 is 2.50 bits per heavy atom. The minimum absolute atomic E-state index is 0. The van der Waals surface area contributed by atoms with Crippen LogP contribution in [0.4, 0.5) is 0 Å². The molecular weight excluding hydrogens is 178 g/mol. The number of unbranched alkanes of at least 4 members (excludes halogenated alkanes) is 3. The van der Waals surface area contributed by atoms with Crippen molar-refractivity contribution in [3.8, 4) is 0 Å². The molecule has 0 saturated carbocycles. The fraction of sp³-hybridized carbons (Fsp3) is 0.875. The first-order chi connectivity index (χ1) is 5.31. The molecule has 0 fully saturated rings. The van der Waals surface area contributed by atoms with Crippen molar-refractivity contribution in [2.75, 3.05) is 13.2 Å². The molecule has 0 aliphatic heterocycles. The lowest BCUT2D eigenvalue weighted by Gasteiger charge is -2.00. The topological polar surface area (TPSA) is 53.9 Å². The number of ether oxygens (including phenoxy) is 1. The van der Waals surface area contributed by atoms with Crippen molar-refractivity contribution >= 4 is 5.97 Å². The number of quaternary nitrogens is 1. The Morgan fingerprint density at radius 1 is 1.33 bits per heavy atom. The monoisotopic (exact) mass is 195 g/mol. The lowest BCUT2D eigenvalue weighted by atomic mass is 10.2. The Morgan fingerprint density at radius 2 is 2.00 bits per heavy atom. The van der Waals surface area contributed by atoms with E-state index in [0.29, 0.717) is 6.61 Å². The molecular formula is C8H18ClNO2. The van der Waals surface area contributed by atoms with Crippen LogP contribution >= 0.6 is 0 Å². The molecule has 12 heavy (non-hydrogen) atoms. The second-order valence-electron chi connectivity index (χ2n) is 2.53. The van der Waals surface area contributed by atoms with Gasteiger partial charge in [-0.1, -0.05) is 26.2 Å². The Balaban J connectivity index is 0. The Hall–Kier alpha value is -0.280. The van der Waals surface area contributed by atoms with E-state index < -0.39 is 0 Å². The summed E-state index contributed by atoms with van der Waals surface area (Å²) in [4.78, 5) is 10.6. The third-order valence-corrected chi connectivity index (χ3v) is 1.47. The van der Waals surface area contributed by atoms with Crippen molar-refractivity contribution in [3.05, 3.63) is 0 Å². The molecule has 0 aliphatic rings. The summed E-state index contributed by atoms with van der Waals surface area (Å²) in [5, 5.41) is 0. The minimum Gasteiger partial charge on any atom is -1.00 e. The van der Waals surface area contributed by atoms with E-state index in [1.807, 2.05) is 0 Å². The smallest absolute Gasteiger partial charge is 0.361 e. The fourth-order valence-corrected chi connectivity index (χ4v) is 0.787. The zero-order valence-corrected chi connectivity index (χ0v) is 8.40. The third-order valence-electron chi connectivity index (χ3n) is 1.47. The normalized spacial score (nSPS) is 8.83. The number of esters is 1. The molecule has 0 spiro atoms. The van der Waals surface area contributed by atoms with E-state index in [4.69, 9.17) is 4.74 Å². The van der Waals surface area contributed by atoms with E-state index in [2.05, 4.69) is 12.7 Å². The molecule has 0 aliphatic carbocycles. The first-order valence-electron chi connectivity index (χ1n) is 4.26. The van der Waals surface area contributed by atoms with E-state index in [1.54, 1.807) is 0 Å². The molecule has 0 radical (unpaired) electrons. The van der Waals surface area contributed by atoms with Gasteiger partial charge in [-0.2, -0.15) is 0 Å². The van der Waals surface area contributed by atoms with Crippen molar-refractivity contribution in [2.24, 2.45) is 0 Å². The summed E-state index contributed by atoms with van der Waals surface area (Å²) in [7, 11) is 0. The zero-order chi connectivity index (χ0) is 8.53. The molecule has 0 aromatic carbocycles. The first-order valence-corrected chi connectivity index (χ1v) is 4.26. The average Bonchev–Trinajstić information content (AvgIpc) is 2.04. The molecule has 0 rings (SSSR count). The summed E-state index contributed by atoms with van der Waals surface area (Å²) in [6, 6.07) is 0. The van der Waals surface area contributed by atoms with Gasteiger partial charge in [-0.25, -0.2) is 4.79 Å². The highest BCUT2D eigenvalue weighted by atomic mass is 35.5. The van der Waals surface area contributed by atoms with E-state index in [0.717, 1.165) is 12.8 Å². The maximum atomic E-state index is 10.6. The predicted molar refractivity (Wildman–Crippen MR) is 42.9 cm³/mol. The number of hydrogen-bond donors (Lipinski definition) is 1. The summed E-state index contributed by atoms with van der Waals surface area (Å²) in [6.45, 7) is 2.96. The molecule has 0 aromatic rings. The summed E-state index contributed by atoms with van der Waals surface area (Å²) >= 11 is 0. The Kier molecular flexibility index (Phi) is 12.7. The van der Waals surface area contributed by atoms with Gasteiger partial charge in [-0.3, -0.25) is 0 Å². The molecule has 0 unspecified atom stereocenters. The van der Waals surface area contributed by atoms with E-state index in [-0.39, 0.29) is 24.9 Å². The van der Waals surface area contributed by atoms with Crippen LogP contribution in [0.1, 0.15) is 32.6 Å². The number of halogens is 1. The lowest BCUT2D eigenvalue weighted by molar-refractivity contribution is -0.359. The van der Waals surface area contributed by atoms with Gasteiger partial charge in [0.15, 0.2) is 6.54 Å². The van der Waals surface area contributed by atoms with Gasteiger partial charge in [0.05, 0.1) is 6.61 Å². The van der Waals surface area contributed by atoms with Crippen LogP contribution in [0.2, 0.25) is 0 Å². The lowest BCUT2D eigenvalue weighted by Crippen LogP contribution is -3.00. The third kappa shape index (κ3) is 9.72. The predicted octanol–water partition coefficient (Wildman–Crippen LogP) is -2.64. The van der Waals surface area contributed by atoms with Crippen LogP contribution < -0.4 is 18.1 Å². The van der Waals surface area contributed by atoms with Crippen LogP contribution in [0.25, 0.3) is 0 Å². The van der Waals surface area contributed by atoms with Gasteiger partial charge < -0.3 is 22.9 Å². The van der Waals surface area contributed by atoms with Crippen molar-refractivity contribution in [1.82, 2.24) is 0 Å². The minimum atomic E-state index is -0.193. The van der Waals surface area contributed by atoms with Crippen LogP contribution in [0.15, 0.2) is 0 Å². The van der Waals surface area contributed by atoms with Crippen molar-refractivity contribution in [1.29, 1.82) is 0 Å². The van der Waals surface area contributed by atoms with Crippen LogP contribution in [0.3, 0.4) is 0 Å². The molecule has 0 atom stereocenters. The Bertz CT molecular complexity index is 109. The van der Waals surface area contributed by atoms with Crippen molar-refractivity contribution in [2.45, 2.75) is 32.6 Å². The SMILES string of the molecule is CCCCCCOC(=O)C[NH3+].[Cl-]. The maximum Gasteiger partial charge on any atom is 0.361 e. The molecule has 0 saturated heterocycles. The van der Waals surface area contributed by atoms with Gasteiger partial charge in [0, 0.05) is 0 Å². The highest BCUT2D eigenvalue weighted by molar-refractivity contribution is 5.69. The summed E-state index contributed by atoms with van der Waals surface area (Å²) in [5.41, 5.74) is 3.43. The van der Waals surface area contributed by atoms with Crippen LogP contribution in [-0.4, -0.2) is 19.1 Å². The van der Waals surface area contributed by atoms with Crippen molar-refractivity contribution < 1.29 is 27.7 Å². The van der Waals surface area contributed by atoms with E-state index in [1.165, 1.54) is 12.8 Å². The molecule has 3 nitrogen and oxygen atoms in total. The van der Waals surface area contributed by atoms with Gasteiger partial charge in [-0.15, -0.1) is 0 Å². The van der Waals surface area contributed by atoms with Crippen LogP contribution in [0, 0.1) is 0 Å². The van der Waals surface area contributed by atoms with Crippen LogP contribution in [-0.2, 0) is 9.53 Å². The highest BCUT2D eigenvalue weighted by Crippen LogP contribution is 1.98. The number of carbonyl (C=O) groups is 1. The van der Waals surface area contributed by atoms with Gasteiger partial charge in [0.2, 0.25) is 0 Å². The average molecular weight is 196 g/mol.